The number of nitrogens with two attached hydrogens (primary N) is 1. The van der Waals surface area contributed by atoms with E-state index in [1.807, 2.05) is 0 Å². The van der Waals surface area contributed by atoms with Crippen LogP contribution in [0.15, 0.2) is 23.1 Å². The second-order valence-electron chi connectivity index (χ2n) is 2.75. The largest absolute Gasteiger partial charge is 0.496 e. The Morgan fingerprint density at radius 1 is 1.40 bits per heavy atom. The average Bonchev–Trinajstić information content (AvgIpc) is 2.15. The lowest BCUT2D eigenvalue weighted by Crippen LogP contribution is -2.12. The number of rotatable bonds is 3. The molecule has 0 amide bonds. The summed E-state index contributed by atoms with van der Waals surface area (Å²) in [5.41, 5.74) is -0.496. The van der Waals surface area contributed by atoms with E-state index in [0.717, 1.165) is 18.2 Å². The van der Waals surface area contributed by atoms with E-state index in [1.54, 1.807) is 0 Å². The summed E-state index contributed by atoms with van der Waals surface area (Å²) in [6.45, 7) is 0. The average molecular weight is 237 g/mol. The lowest BCUT2D eigenvalue weighted by Gasteiger charge is -2.08. The van der Waals surface area contributed by atoms with E-state index in [4.69, 9.17) is 5.14 Å². The van der Waals surface area contributed by atoms with Crippen molar-refractivity contribution in [3.8, 4) is 5.75 Å². The van der Waals surface area contributed by atoms with Crippen molar-refractivity contribution in [3.05, 3.63) is 23.8 Å². The van der Waals surface area contributed by atoms with Crippen LogP contribution in [0.2, 0.25) is 0 Å². The highest BCUT2D eigenvalue weighted by molar-refractivity contribution is 7.89. The van der Waals surface area contributed by atoms with E-state index in [-0.39, 0.29) is 10.6 Å². The van der Waals surface area contributed by atoms with Gasteiger partial charge in [0.1, 0.15) is 5.75 Å². The molecule has 0 bridgehead atoms. The number of halogens is 2. The summed E-state index contributed by atoms with van der Waals surface area (Å²) < 4.78 is 51.4. The zero-order valence-electron chi connectivity index (χ0n) is 7.78. The van der Waals surface area contributed by atoms with Crippen molar-refractivity contribution in [3.63, 3.8) is 0 Å². The highest BCUT2D eigenvalue weighted by Crippen LogP contribution is 2.30. The molecule has 0 aliphatic rings. The lowest BCUT2D eigenvalue weighted by molar-refractivity contribution is 0.147. The molecule has 0 fully saturated rings. The molecule has 2 N–H and O–H groups in total. The number of ether oxygens (including phenoxy) is 1. The third-order valence-corrected chi connectivity index (χ3v) is 2.68. The molecule has 0 spiro atoms. The van der Waals surface area contributed by atoms with Gasteiger partial charge in [-0.05, 0) is 18.2 Å². The van der Waals surface area contributed by atoms with E-state index < -0.39 is 22.0 Å². The molecule has 4 nitrogen and oxygen atoms in total. The molecule has 0 aromatic heterocycles. The number of alkyl halides is 2. The van der Waals surface area contributed by atoms with Gasteiger partial charge in [-0.1, -0.05) is 0 Å². The van der Waals surface area contributed by atoms with Crippen LogP contribution in [-0.2, 0) is 10.0 Å². The molecule has 0 saturated carbocycles. The van der Waals surface area contributed by atoms with E-state index in [0.29, 0.717) is 0 Å². The van der Waals surface area contributed by atoms with Crippen LogP contribution in [0.25, 0.3) is 0 Å². The first-order chi connectivity index (χ1) is 6.86. The molecule has 0 saturated heterocycles. The summed E-state index contributed by atoms with van der Waals surface area (Å²) >= 11 is 0. The third kappa shape index (κ3) is 2.63. The Morgan fingerprint density at radius 2 is 2.00 bits per heavy atom. The molecule has 0 aliphatic heterocycles. The van der Waals surface area contributed by atoms with Gasteiger partial charge in [0.25, 0.3) is 6.43 Å². The van der Waals surface area contributed by atoms with E-state index in [9.17, 15) is 17.2 Å². The predicted octanol–water partition coefficient (Wildman–Crippen LogP) is 1.28. The van der Waals surface area contributed by atoms with Gasteiger partial charge in [-0.15, -0.1) is 0 Å². The van der Waals surface area contributed by atoms with Gasteiger partial charge in [-0.3, -0.25) is 0 Å². The predicted molar refractivity (Wildman–Crippen MR) is 49.3 cm³/mol. The summed E-state index contributed by atoms with van der Waals surface area (Å²) in [7, 11) is -2.75. The van der Waals surface area contributed by atoms with Crippen LogP contribution in [0.4, 0.5) is 8.78 Å². The number of hydrogen-bond acceptors (Lipinski definition) is 3. The molecule has 1 aromatic carbocycles. The maximum absolute atomic E-state index is 12.5. The van der Waals surface area contributed by atoms with Crippen molar-refractivity contribution in [1.29, 1.82) is 0 Å². The number of sulfonamides is 1. The first kappa shape index (κ1) is 11.9. The van der Waals surface area contributed by atoms with Gasteiger partial charge in [0, 0.05) is 0 Å². The minimum Gasteiger partial charge on any atom is -0.496 e. The summed E-state index contributed by atoms with van der Waals surface area (Å²) in [5, 5.41) is 4.80. The Labute approximate surface area is 85.7 Å². The van der Waals surface area contributed by atoms with E-state index in [2.05, 4.69) is 4.74 Å². The van der Waals surface area contributed by atoms with Crippen LogP contribution in [0, 0.1) is 0 Å². The Balaban J connectivity index is 3.35. The first-order valence-corrected chi connectivity index (χ1v) is 5.39. The van der Waals surface area contributed by atoms with Crippen molar-refractivity contribution in [2.75, 3.05) is 7.11 Å². The van der Waals surface area contributed by atoms with Gasteiger partial charge in [0.2, 0.25) is 10.0 Å². The Morgan fingerprint density at radius 3 is 2.40 bits per heavy atom. The lowest BCUT2D eigenvalue weighted by atomic mass is 10.2. The van der Waals surface area contributed by atoms with Gasteiger partial charge in [0.15, 0.2) is 0 Å². The molecule has 0 radical (unpaired) electrons. The van der Waals surface area contributed by atoms with Crippen LogP contribution >= 0.6 is 0 Å². The molecule has 0 aliphatic carbocycles. The van der Waals surface area contributed by atoms with Crippen LogP contribution < -0.4 is 9.88 Å². The molecule has 0 unspecified atom stereocenters. The zero-order valence-corrected chi connectivity index (χ0v) is 8.59. The highest BCUT2D eigenvalue weighted by Gasteiger charge is 2.17. The maximum Gasteiger partial charge on any atom is 0.267 e. The zero-order chi connectivity index (χ0) is 11.6. The molecule has 0 heterocycles. The molecule has 7 heteroatoms. The summed E-state index contributed by atoms with van der Waals surface area (Å²) in [5.74, 6) is -0.0719. The topological polar surface area (TPSA) is 69.4 Å². The molecule has 15 heavy (non-hydrogen) atoms. The fourth-order valence-electron chi connectivity index (χ4n) is 1.06. The van der Waals surface area contributed by atoms with E-state index in [1.165, 1.54) is 7.11 Å². The van der Waals surface area contributed by atoms with Crippen LogP contribution in [0.1, 0.15) is 12.0 Å². The summed E-state index contributed by atoms with van der Waals surface area (Å²) in [4.78, 5) is -0.362. The quantitative estimate of drug-likeness (QED) is 0.860. The molecular weight excluding hydrogens is 228 g/mol. The van der Waals surface area contributed by atoms with Crippen LogP contribution in [0.3, 0.4) is 0 Å². The van der Waals surface area contributed by atoms with Crippen molar-refractivity contribution in [1.82, 2.24) is 0 Å². The number of methoxy groups -OCH3 is 1. The minimum absolute atomic E-state index is 0.0719. The number of primary sulfonamides is 1. The monoisotopic (exact) mass is 237 g/mol. The standard InChI is InChI=1S/C8H9F2NO3S/c1-14-7-3-2-5(15(11,12)13)4-6(7)8(9)10/h2-4,8H,1H3,(H2,11,12,13). The smallest absolute Gasteiger partial charge is 0.267 e. The number of benzene rings is 1. The summed E-state index contributed by atoms with van der Waals surface area (Å²) in [6, 6.07) is 3.06. The maximum atomic E-state index is 12.5. The molecule has 1 rings (SSSR count). The minimum atomic E-state index is -3.97. The second kappa shape index (κ2) is 4.11. The highest BCUT2D eigenvalue weighted by atomic mass is 32.2. The van der Waals surface area contributed by atoms with Crippen LogP contribution in [0.5, 0.6) is 5.75 Å². The van der Waals surface area contributed by atoms with Gasteiger partial charge < -0.3 is 4.74 Å². The van der Waals surface area contributed by atoms with Gasteiger partial charge in [-0.2, -0.15) is 0 Å². The fraction of sp³-hybridized carbons (Fsp3) is 0.250. The SMILES string of the molecule is COc1ccc(S(N)(=O)=O)cc1C(F)F. The third-order valence-electron chi connectivity index (χ3n) is 1.76. The Hall–Kier alpha value is -1.21. The Kier molecular flexibility index (Phi) is 3.25. The van der Waals surface area contributed by atoms with Crippen LogP contribution in [-0.4, -0.2) is 15.5 Å². The fourth-order valence-corrected chi connectivity index (χ4v) is 1.61. The van der Waals surface area contributed by atoms with Crippen molar-refractivity contribution in [2.45, 2.75) is 11.3 Å². The van der Waals surface area contributed by atoms with Crippen molar-refractivity contribution < 1.29 is 21.9 Å². The van der Waals surface area contributed by atoms with Crippen molar-refractivity contribution in [2.24, 2.45) is 5.14 Å². The normalized spacial score (nSPS) is 11.8. The Bertz CT molecular complexity index is 459. The number of hydrogen-bond donors (Lipinski definition) is 1. The first-order valence-electron chi connectivity index (χ1n) is 3.85. The van der Waals surface area contributed by atoms with Gasteiger partial charge >= 0.3 is 0 Å². The van der Waals surface area contributed by atoms with Gasteiger partial charge in [-0.25, -0.2) is 22.3 Å². The summed E-state index contributed by atoms with van der Waals surface area (Å²) in [6.07, 6.45) is -2.82. The van der Waals surface area contributed by atoms with Crippen molar-refractivity contribution >= 4 is 10.0 Å². The van der Waals surface area contributed by atoms with E-state index >= 15 is 0 Å². The molecular formula is C8H9F2NO3S. The second-order valence-corrected chi connectivity index (χ2v) is 4.31. The molecule has 0 atom stereocenters. The van der Waals surface area contributed by atoms with Gasteiger partial charge in [0.05, 0.1) is 17.6 Å². The molecule has 1 aromatic rings. The molecule has 84 valence electrons.